The van der Waals surface area contributed by atoms with E-state index in [-0.39, 0.29) is 10.9 Å². The molecule has 0 unspecified atom stereocenters. The second-order valence-electron chi connectivity index (χ2n) is 3.87. The van der Waals surface area contributed by atoms with Crippen LogP contribution in [0.25, 0.3) is 0 Å². The van der Waals surface area contributed by atoms with Crippen LogP contribution in [0, 0.1) is 6.92 Å². The zero-order valence-electron chi connectivity index (χ0n) is 8.74. The van der Waals surface area contributed by atoms with Gasteiger partial charge in [0.15, 0.2) is 0 Å². The van der Waals surface area contributed by atoms with Crippen LogP contribution in [-0.4, -0.2) is 0 Å². The minimum Gasteiger partial charge on any atom is -0.166 e. The van der Waals surface area contributed by atoms with Gasteiger partial charge in [0, 0.05) is 0 Å². The first-order chi connectivity index (χ1) is 6.73. The minimum absolute atomic E-state index is 0.0153. The second-order valence-corrected chi connectivity index (χ2v) is 4.25. The fourth-order valence-electron chi connectivity index (χ4n) is 1.42. The Morgan fingerprint density at radius 3 is 2.13 bits per heavy atom. The smallest absolute Gasteiger partial charge is 0.166 e. The lowest BCUT2D eigenvalue weighted by Crippen LogP contribution is -2.08. The predicted molar refractivity (Wildman–Crippen MR) is 55.3 cm³/mol. The fraction of sp³-hybridized carbons (Fsp3) is 0.455. The van der Waals surface area contributed by atoms with Crippen LogP contribution in [0.5, 0.6) is 0 Å². The molecule has 0 atom stereocenters. The average Bonchev–Trinajstić information content (AvgIpc) is 2.06. The Bertz CT molecular complexity index is 367. The van der Waals surface area contributed by atoms with Crippen LogP contribution in [0.2, 0.25) is 5.02 Å². The van der Waals surface area contributed by atoms with E-state index >= 15 is 0 Å². The Morgan fingerprint density at radius 2 is 1.73 bits per heavy atom. The highest BCUT2D eigenvalue weighted by Crippen LogP contribution is 2.39. The Kier molecular flexibility index (Phi) is 3.34. The molecule has 0 heterocycles. The van der Waals surface area contributed by atoms with E-state index in [1.54, 1.807) is 13.0 Å². The molecule has 0 fully saturated rings. The number of aryl methyl sites for hydroxylation is 1. The summed E-state index contributed by atoms with van der Waals surface area (Å²) in [6.45, 7) is 5.28. The molecule has 0 aromatic heterocycles. The molecule has 1 aromatic rings. The molecule has 0 aliphatic heterocycles. The van der Waals surface area contributed by atoms with E-state index < -0.39 is 11.7 Å². The fourth-order valence-corrected chi connectivity index (χ4v) is 1.86. The van der Waals surface area contributed by atoms with Gasteiger partial charge in [0.05, 0.1) is 10.6 Å². The largest absolute Gasteiger partial charge is 0.417 e. The first-order valence-electron chi connectivity index (χ1n) is 4.60. The van der Waals surface area contributed by atoms with Crippen molar-refractivity contribution in [2.75, 3.05) is 0 Å². The Morgan fingerprint density at radius 1 is 1.20 bits per heavy atom. The summed E-state index contributed by atoms with van der Waals surface area (Å²) in [7, 11) is 0. The molecule has 0 N–H and O–H groups in total. The van der Waals surface area contributed by atoms with Crippen LogP contribution in [0.4, 0.5) is 13.2 Å². The Balaban J connectivity index is 3.42. The molecule has 0 aliphatic rings. The van der Waals surface area contributed by atoms with Gasteiger partial charge in [-0.15, -0.1) is 0 Å². The van der Waals surface area contributed by atoms with Crippen LogP contribution in [0.15, 0.2) is 12.1 Å². The summed E-state index contributed by atoms with van der Waals surface area (Å²) < 4.78 is 37.8. The van der Waals surface area contributed by atoms with Gasteiger partial charge in [-0.1, -0.05) is 37.1 Å². The standard InChI is InChI=1S/C11H12ClF3/c1-6(2)8-4-7(3)5-9(10(8)12)11(13,14)15/h4-6H,1-3H3. The first-order valence-corrected chi connectivity index (χ1v) is 4.98. The third-order valence-electron chi connectivity index (χ3n) is 2.17. The highest BCUT2D eigenvalue weighted by molar-refractivity contribution is 6.32. The molecular formula is C11H12ClF3. The lowest BCUT2D eigenvalue weighted by atomic mass is 9.98. The molecule has 0 aliphatic carbocycles. The zero-order valence-corrected chi connectivity index (χ0v) is 9.50. The van der Waals surface area contributed by atoms with E-state index in [0.717, 1.165) is 6.07 Å². The average molecular weight is 237 g/mol. The van der Waals surface area contributed by atoms with Crippen molar-refractivity contribution in [1.82, 2.24) is 0 Å². The van der Waals surface area contributed by atoms with Gasteiger partial charge in [0.1, 0.15) is 0 Å². The number of benzene rings is 1. The molecule has 1 aromatic carbocycles. The summed E-state index contributed by atoms with van der Waals surface area (Å²) in [6, 6.07) is 2.77. The Labute approximate surface area is 92.1 Å². The first kappa shape index (κ1) is 12.4. The van der Waals surface area contributed by atoms with Crippen molar-refractivity contribution >= 4 is 11.6 Å². The second kappa shape index (κ2) is 4.05. The van der Waals surface area contributed by atoms with Gasteiger partial charge in [-0.2, -0.15) is 13.2 Å². The molecule has 0 amide bonds. The van der Waals surface area contributed by atoms with Crippen molar-refractivity contribution in [3.8, 4) is 0 Å². The topological polar surface area (TPSA) is 0 Å². The van der Waals surface area contributed by atoms with Crippen LogP contribution < -0.4 is 0 Å². The minimum atomic E-state index is -4.38. The highest BCUT2D eigenvalue weighted by atomic mass is 35.5. The maximum absolute atomic E-state index is 12.6. The lowest BCUT2D eigenvalue weighted by molar-refractivity contribution is -0.137. The van der Waals surface area contributed by atoms with E-state index in [1.165, 1.54) is 0 Å². The molecule has 0 nitrogen and oxygen atoms in total. The van der Waals surface area contributed by atoms with E-state index in [0.29, 0.717) is 11.1 Å². The SMILES string of the molecule is Cc1cc(C(C)C)c(Cl)c(C(F)(F)F)c1. The van der Waals surface area contributed by atoms with E-state index in [4.69, 9.17) is 11.6 Å². The number of hydrogen-bond donors (Lipinski definition) is 0. The molecule has 4 heteroatoms. The maximum atomic E-state index is 12.6. The van der Waals surface area contributed by atoms with Gasteiger partial charge >= 0.3 is 6.18 Å². The van der Waals surface area contributed by atoms with Crippen LogP contribution in [0.3, 0.4) is 0 Å². The molecular weight excluding hydrogens is 225 g/mol. The van der Waals surface area contributed by atoms with Crippen molar-refractivity contribution in [3.63, 3.8) is 0 Å². The van der Waals surface area contributed by atoms with Gasteiger partial charge in [-0.05, 0) is 24.5 Å². The number of rotatable bonds is 1. The zero-order chi connectivity index (χ0) is 11.8. The van der Waals surface area contributed by atoms with Gasteiger partial charge in [-0.25, -0.2) is 0 Å². The van der Waals surface area contributed by atoms with Crippen molar-refractivity contribution in [1.29, 1.82) is 0 Å². The summed E-state index contributed by atoms with van der Waals surface area (Å²) in [4.78, 5) is 0. The molecule has 1 rings (SSSR count). The van der Waals surface area contributed by atoms with Gasteiger partial charge in [0.2, 0.25) is 0 Å². The van der Waals surface area contributed by atoms with Crippen molar-refractivity contribution < 1.29 is 13.2 Å². The normalized spacial score (nSPS) is 12.3. The molecule has 0 saturated heterocycles. The summed E-state index contributed by atoms with van der Waals surface area (Å²) in [5, 5.41) is -0.178. The molecule has 0 spiro atoms. The van der Waals surface area contributed by atoms with Crippen LogP contribution in [-0.2, 0) is 6.18 Å². The summed E-state index contributed by atoms with van der Waals surface area (Å²) in [5.74, 6) is -0.0153. The van der Waals surface area contributed by atoms with Crippen molar-refractivity contribution in [2.45, 2.75) is 32.9 Å². The molecule has 84 valence electrons. The van der Waals surface area contributed by atoms with Gasteiger partial charge in [0.25, 0.3) is 0 Å². The van der Waals surface area contributed by atoms with Crippen molar-refractivity contribution in [3.05, 3.63) is 33.8 Å². The number of hydrogen-bond acceptors (Lipinski definition) is 0. The monoisotopic (exact) mass is 236 g/mol. The molecule has 15 heavy (non-hydrogen) atoms. The third kappa shape index (κ3) is 2.65. The number of halogens is 4. The molecule has 0 radical (unpaired) electrons. The summed E-state index contributed by atoms with van der Waals surface area (Å²) in [6.07, 6.45) is -4.38. The molecule has 0 bridgehead atoms. The van der Waals surface area contributed by atoms with E-state index in [9.17, 15) is 13.2 Å². The number of alkyl halides is 3. The Hall–Kier alpha value is -0.700. The summed E-state index contributed by atoms with van der Waals surface area (Å²) >= 11 is 5.74. The lowest BCUT2D eigenvalue weighted by Gasteiger charge is -2.15. The van der Waals surface area contributed by atoms with Crippen LogP contribution >= 0.6 is 11.6 Å². The van der Waals surface area contributed by atoms with Crippen LogP contribution in [0.1, 0.15) is 36.5 Å². The summed E-state index contributed by atoms with van der Waals surface area (Å²) in [5.41, 5.74) is 0.382. The van der Waals surface area contributed by atoms with Crippen molar-refractivity contribution in [2.24, 2.45) is 0 Å². The maximum Gasteiger partial charge on any atom is 0.417 e. The van der Waals surface area contributed by atoms with E-state index in [1.807, 2.05) is 13.8 Å². The highest BCUT2D eigenvalue weighted by Gasteiger charge is 2.34. The predicted octanol–water partition coefficient (Wildman–Crippen LogP) is 4.79. The van der Waals surface area contributed by atoms with Gasteiger partial charge < -0.3 is 0 Å². The quantitative estimate of drug-likeness (QED) is 0.658. The third-order valence-corrected chi connectivity index (χ3v) is 2.59. The van der Waals surface area contributed by atoms with E-state index in [2.05, 4.69) is 0 Å². The molecule has 0 saturated carbocycles. The van der Waals surface area contributed by atoms with Gasteiger partial charge in [-0.3, -0.25) is 0 Å².